The standard InChI is InChI=1S/C11H12BrFN4O2S/c12-8-6-9(13)11(7-10(8)14)20(18,19)16-3-5-17-4-1-2-15-17/h1-2,4,6-7,16H,3,5,14H2. The third kappa shape index (κ3) is 3.35. The van der Waals surface area contributed by atoms with E-state index >= 15 is 0 Å². The van der Waals surface area contributed by atoms with Crippen molar-refractivity contribution in [3.63, 3.8) is 0 Å². The first kappa shape index (κ1) is 14.9. The lowest BCUT2D eigenvalue weighted by molar-refractivity contribution is 0.545. The summed E-state index contributed by atoms with van der Waals surface area (Å²) < 4.78 is 41.9. The molecule has 0 spiro atoms. The van der Waals surface area contributed by atoms with Crippen LogP contribution in [0.4, 0.5) is 10.1 Å². The fourth-order valence-electron chi connectivity index (χ4n) is 1.56. The Balaban J connectivity index is 2.12. The predicted molar refractivity (Wildman–Crippen MR) is 75.9 cm³/mol. The number of nitrogens with two attached hydrogens (primary N) is 1. The maximum Gasteiger partial charge on any atom is 0.243 e. The summed E-state index contributed by atoms with van der Waals surface area (Å²) >= 11 is 3.03. The maximum absolute atomic E-state index is 13.7. The van der Waals surface area contributed by atoms with Crippen LogP contribution in [0.15, 0.2) is 40.0 Å². The molecule has 0 bridgehead atoms. The molecule has 0 fully saturated rings. The molecule has 9 heteroatoms. The van der Waals surface area contributed by atoms with Crippen LogP contribution in [0.25, 0.3) is 0 Å². The summed E-state index contributed by atoms with van der Waals surface area (Å²) in [4.78, 5) is -0.473. The van der Waals surface area contributed by atoms with Gasteiger partial charge >= 0.3 is 0 Å². The van der Waals surface area contributed by atoms with Crippen molar-refractivity contribution in [3.8, 4) is 0 Å². The highest BCUT2D eigenvalue weighted by Crippen LogP contribution is 2.25. The van der Waals surface area contributed by atoms with Crippen molar-refractivity contribution >= 4 is 31.6 Å². The average molecular weight is 363 g/mol. The van der Waals surface area contributed by atoms with Crippen molar-refractivity contribution in [2.24, 2.45) is 0 Å². The third-order valence-corrected chi connectivity index (χ3v) is 4.70. The summed E-state index contributed by atoms with van der Waals surface area (Å²) in [6, 6.07) is 3.83. The van der Waals surface area contributed by atoms with Gasteiger partial charge in [0.15, 0.2) is 0 Å². The molecule has 0 saturated carbocycles. The topological polar surface area (TPSA) is 90.0 Å². The summed E-state index contributed by atoms with van der Waals surface area (Å²) in [7, 11) is -3.95. The van der Waals surface area contributed by atoms with Crippen molar-refractivity contribution in [2.75, 3.05) is 12.3 Å². The second-order valence-corrected chi connectivity index (χ2v) is 6.56. The first-order valence-corrected chi connectivity index (χ1v) is 7.89. The van der Waals surface area contributed by atoms with Crippen molar-refractivity contribution in [1.82, 2.24) is 14.5 Å². The fourth-order valence-corrected chi connectivity index (χ4v) is 2.98. The highest BCUT2D eigenvalue weighted by molar-refractivity contribution is 9.10. The molecule has 1 heterocycles. The summed E-state index contributed by atoms with van der Waals surface area (Å²) in [5.74, 6) is -0.863. The Morgan fingerprint density at radius 2 is 2.20 bits per heavy atom. The monoisotopic (exact) mass is 362 g/mol. The van der Waals surface area contributed by atoms with Crippen LogP contribution in [0.1, 0.15) is 0 Å². The Morgan fingerprint density at radius 3 is 2.85 bits per heavy atom. The molecule has 1 aromatic carbocycles. The van der Waals surface area contributed by atoms with E-state index in [1.165, 1.54) is 0 Å². The van der Waals surface area contributed by atoms with Gasteiger partial charge < -0.3 is 5.73 Å². The van der Waals surface area contributed by atoms with Crippen molar-refractivity contribution in [1.29, 1.82) is 0 Å². The zero-order chi connectivity index (χ0) is 14.8. The molecule has 3 N–H and O–H groups in total. The molecular formula is C11H12BrFN4O2S. The van der Waals surface area contributed by atoms with Crippen LogP contribution >= 0.6 is 15.9 Å². The Bertz CT molecular complexity index is 703. The van der Waals surface area contributed by atoms with E-state index in [1.807, 2.05) is 0 Å². The van der Waals surface area contributed by atoms with Crippen molar-refractivity contribution in [2.45, 2.75) is 11.4 Å². The predicted octanol–water partition coefficient (Wildman–Crippen LogP) is 1.35. The fraction of sp³-hybridized carbons (Fsp3) is 0.182. The number of aromatic nitrogens is 2. The Morgan fingerprint density at radius 1 is 1.45 bits per heavy atom. The second kappa shape index (κ2) is 5.90. The molecule has 0 unspecified atom stereocenters. The highest BCUT2D eigenvalue weighted by Gasteiger charge is 2.20. The van der Waals surface area contributed by atoms with E-state index in [4.69, 9.17) is 5.73 Å². The van der Waals surface area contributed by atoms with Gasteiger partial charge in [-0.25, -0.2) is 17.5 Å². The van der Waals surface area contributed by atoms with Crippen LogP contribution in [-0.2, 0) is 16.6 Å². The second-order valence-electron chi connectivity index (χ2n) is 3.97. The summed E-state index contributed by atoms with van der Waals surface area (Å²) in [5, 5.41) is 3.93. The number of anilines is 1. The van der Waals surface area contributed by atoms with Gasteiger partial charge in [-0.3, -0.25) is 4.68 Å². The average Bonchev–Trinajstić information content (AvgIpc) is 2.86. The molecule has 0 radical (unpaired) electrons. The smallest absolute Gasteiger partial charge is 0.243 e. The van der Waals surface area contributed by atoms with Gasteiger partial charge in [0, 0.05) is 29.1 Å². The lowest BCUT2D eigenvalue weighted by Gasteiger charge is -2.09. The molecule has 6 nitrogen and oxygen atoms in total. The largest absolute Gasteiger partial charge is 0.398 e. The molecule has 0 atom stereocenters. The van der Waals surface area contributed by atoms with Crippen LogP contribution in [-0.4, -0.2) is 24.7 Å². The molecule has 1 aromatic heterocycles. The minimum atomic E-state index is -3.95. The van der Waals surface area contributed by atoms with Gasteiger partial charge in [-0.1, -0.05) is 0 Å². The van der Waals surface area contributed by atoms with Crippen LogP contribution in [0, 0.1) is 5.82 Å². The van der Waals surface area contributed by atoms with Crippen LogP contribution in [0.3, 0.4) is 0 Å². The van der Waals surface area contributed by atoms with Crippen molar-refractivity contribution in [3.05, 3.63) is 40.9 Å². The molecule has 0 aliphatic carbocycles. The molecule has 2 aromatic rings. The molecule has 0 aliphatic heterocycles. The number of halogens is 2. The zero-order valence-electron chi connectivity index (χ0n) is 10.3. The molecular weight excluding hydrogens is 351 g/mol. The molecule has 108 valence electrons. The maximum atomic E-state index is 13.7. The Hall–Kier alpha value is -1.45. The Kier molecular flexibility index (Phi) is 4.41. The summed E-state index contributed by atoms with van der Waals surface area (Å²) in [5.41, 5.74) is 5.72. The van der Waals surface area contributed by atoms with Crippen LogP contribution in [0.5, 0.6) is 0 Å². The number of nitrogens with zero attached hydrogens (tertiary/aromatic N) is 2. The number of rotatable bonds is 5. The van der Waals surface area contributed by atoms with Gasteiger partial charge in [-0.05, 0) is 34.1 Å². The lowest BCUT2D eigenvalue weighted by atomic mass is 10.3. The van der Waals surface area contributed by atoms with E-state index < -0.39 is 20.7 Å². The number of sulfonamides is 1. The molecule has 20 heavy (non-hydrogen) atoms. The van der Waals surface area contributed by atoms with E-state index in [1.54, 1.807) is 23.1 Å². The SMILES string of the molecule is Nc1cc(S(=O)(=O)NCCn2cccn2)c(F)cc1Br. The lowest BCUT2D eigenvalue weighted by Crippen LogP contribution is -2.28. The van der Waals surface area contributed by atoms with E-state index in [9.17, 15) is 12.8 Å². The number of benzene rings is 1. The third-order valence-electron chi connectivity index (χ3n) is 2.53. The number of hydrogen-bond acceptors (Lipinski definition) is 4. The molecule has 0 amide bonds. The first-order valence-electron chi connectivity index (χ1n) is 5.62. The van der Waals surface area contributed by atoms with Crippen LogP contribution < -0.4 is 10.5 Å². The Labute approximate surface area is 124 Å². The van der Waals surface area contributed by atoms with Gasteiger partial charge in [0.2, 0.25) is 10.0 Å². The van der Waals surface area contributed by atoms with E-state index in [-0.39, 0.29) is 12.2 Å². The van der Waals surface area contributed by atoms with Gasteiger partial charge in [-0.15, -0.1) is 0 Å². The minimum absolute atomic E-state index is 0.0966. The number of hydrogen-bond donors (Lipinski definition) is 2. The molecule has 0 saturated heterocycles. The van der Waals surface area contributed by atoms with Gasteiger partial charge in [0.25, 0.3) is 0 Å². The zero-order valence-corrected chi connectivity index (χ0v) is 12.7. The van der Waals surface area contributed by atoms with Gasteiger partial charge in [0.05, 0.1) is 6.54 Å². The molecule has 0 aliphatic rings. The van der Waals surface area contributed by atoms with E-state index in [0.29, 0.717) is 11.0 Å². The highest BCUT2D eigenvalue weighted by atomic mass is 79.9. The summed E-state index contributed by atoms with van der Waals surface area (Å²) in [6.45, 7) is 0.444. The van der Waals surface area contributed by atoms with Crippen LogP contribution in [0.2, 0.25) is 0 Å². The first-order chi connectivity index (χ1) is 9.40. The number of nitrogen functional groups attached to an aromatic ring is 1. The quantitative estimate of drug-likeness (QED) is 0.785. The van der Waals surface area contributed by atoms with E-state index in [0.717, 1.165) is 12.1 Å². The molecule has 2 rings (SSSR count). The normalized spacial score (nSPS) is 11.7. The summed E-state index contributed by atoms with van der Waals surface area (Å²) in [6.07, 6.45) is 3.29. The minimum Gasteiger partial charge on any atom is -0.398 e. The van der Waals surface area contributed by atoms with Crippen molar-refractivity contribution < 1.29 is 12.8 Å². The van der Waals surface area contributed by atoms with Gasteiger partial charge in [0.1, 0.15) is 10.7 Å². The number of nitrogens with one attached hydrogen (secondary N) is 1. The van der Waals surface area contributed by atoms with Gasteiger partial charge in [-0.2, -0.15) is 5.10 Å². The van der Waals surface area contributed by atoms with E-state index in [2.05, 4.69) is 25.8 Å².